The summed E-state index contributed by atoms with van der Waals surface area (Å²) >= 11 is 0. The lowest BCUT2D eigenvalue weighted by atomic mass is 10.0. The van der Waals surface area contributed by atoms with Crippen molar-refractivity contribution in [3.05, 3.63) is 53.9 Å². The van der Waals surface area contributed by atoms with Crippen molar-refractivity contribution in [1.29, 1.82) is 0 Å². The second-order valence-electron chi connectivity index (χ2n) is 6.04. The molecule has 0 saturated heterocycles. The van der Waals surface area contributed by atoms with Gasteiger partial charge in [0.2, 0.25) is 6.29 Å². The maximum atomic E-state index is 12.3. The van der Waals surface area contributed by atoms with Crippen molar-refractivity contribution in [2.75, 3.05) is 7.11 Å². The van der Waals surface area contributed by atoms with Gasteiger partial charge in [-0.05, 0) is 31.2 Å². The lowest BCUT2D eigenvalue weighted by molar-refractivity contribution is -0.176. The number of carbonyl (C=O) groups is 1. The van der Waals surface area contributed by atoms with E-state index in [1.54, 1.807) is 24.4 Å². The van der Waals surface area contributed by atoms with E-state index >= 15 is 0 Å². The summed E-state index contributed by atoms with van der Waals surface area (Å²) in [5.41, 5.74) is 0.684. The predicted octanol–water partition coefficient (Wildman–Crippen LogP) is 0.666. The van der Waals surface area contributed by atoms with Crippen molar-refractivity contribution >= 4 is 5.78 Å². The molecule has 0 aliphatic heterocycles. The number of nitrogens with zero attached hydrogens (tertiary/aromatic N) is 1. The topological polar surface area (TPSA) is 129 Å². The zero-order chi connectivity index (χ0) is 20.0. The summed E-state index contributed by atoms with van der Waals surface area (Å²) < 4.78 is 10.4. The van der Waals surface area contributed by atoms with Crippen LogP contribution in [0.25, 0.3) is 0 Å². The molecule has 0 fully saturated rings. The molecule has 0 amide bonds. The average molecular weight is 377 g/mol. The monoisotopic (exact) mass is 377 g/mol. The number of carbonyl (C=O) groups excluding carboxylic acids is 1. The molecule has 4 N–H and O–H groups in total. The summed E-state index contributed by atoms with van der Waals surface area (Å²) in [6.45, 7) is 1.31. The fourth-order valence-electron chi connectivity index (χ4n) is 2.42. The standard InChI is InChI=1S/C19H23NO7/c1-11(21)17(24)18(25)19(26-2)27-13-6-7-14(16(23)10-13)15(22)9-12-5-3-4-8-20-12/h3-8,10-11,17-19,21,23-25H,9H2,1-2H3/t11-,17+,18+,19+/m1/s1. The molecule has 0 unspecified atom stereocenters. The summed E-state index contributed by atoms with van der Waals surface area (Å²) in [5, 5.41) is 39.2. The smallest absolute Gasteiger partial charge is 0.228 e. The Balaban J connectivity index is 2.10. The van der Waals surface area contributed by atoms with Crippen LogP contribution in [0, 0.1) is 0 Å². The minimum Gasteiger partial charge on any atom is -0.507 e. The molecule has 0 saturated carbocycles. The Morgan fingerprint density at radius 1 is 1.15 bits per heavy atom. The molecule has 8 nitrogen and oxygen atoms in total. The third-order valence-electron chi connectivity index (χ3n) is 3.94. The fraction of sp³-hybridized carbons (Fsp3) is 0.368. The van der Waals surface area contributed by atoms with Crippen molar-refractivity contribution < 1.29 is 34.7 Å². The molecule has 2 aromatic rings. The molecule has 0 aliphatic rings. The number of ether oxygens (including phenoxy) is 2. The van der Waals surface area contributed by atoms with E-state index in [0.717, 1.165) is 0 Å². The molecule has 1 aromatic carbocycles. The normalized spacial score (nSPS) is 15.6. The molecular formula is C19H23NO7. The van der Waals surface area contributed by atoms with Crippen molar-refractivity contribution in [3.63, 3.8) is 0 Å². The number of aromatic nitrogens is 1. The summed E-state index contributed by atoms with van der Waals surface area (Å²) in [4.78, 5) is 16.4. The Morgan fingerprint density at radius 2 is 1.89 bits per heavy atom. The second kappa shape index (κ2) is 9.43. The number of aromatic hydroxyl groups is 1. The van der Waals surface area contributed by atoms with Crippen molar-refractivity contribution in [2.24, 2.45) is 0 Å². The van der Waals surface area contributed by atoms with E-state index in [4.69, 9.17) is 9.47 Å². The highest BCUT2D eigenvalue weighted by molar-refractivity contribution is 5.99. The van der Waals surface area contributed by atoms with Crippen LogP contribution in [-0.2, 0) is 11.2 Å². The number of benzene rings is 1. The average Bonchev–Trinajstić information content (AvgIpc) is 2.65. The summed E-state index contributed by atoms with van der Waals surface area (Å²) in [7, 11) is 1.26. The molecule has 27 heavy (non-hydrogen) atoms. The molecule has 0 radical (unpaired) electrons. The minimum absolute atomic E-state index is 0.0363. The van der Waals surface area contributed by atoms with Gasteiger partial charge in [-0.2, -0.15) is 0 Å². The molecule has 146 valence electrons. The molecule has 0 spiro atoms. The van der Waals surface area contributed by atoms with Crippen LogP contribution < -0.4 is 4.74 Å². The number of ketones is 1. The number of Topliss-reactive ketones (excluding diaryl/α,β-unsaturated/α-hetero) is 1. The first-order valence-electron chi connectivity index (χ1n) is 8.33. The molecule has 0 aliphatic carbocycles. The molecule has 4 atom stereocenters. The van der Waals surface area contributed by atoms with Gasteiger partial charge in [0.05, 0.1) is 18.1 Å². The largest absolute Gasteiger partial charge is 0.507 e. The Morgan fingerprint density at radius 3 is 2.44 bits per heavy atom. The van der Waals surface area contributed by atoms with Crippen LogP contribution in [0.3, 0.4) is 0 Å². The SMILES string of the molecule is CO[C@@H](Oc1ccc(C(=O)Cc2ccccn2)c(O)c1)[C@@H](O)[C@@H](O)[C@@H](C)O. The molecular weight excluding hydrogens is 354 g/mol. The second-order valence-corrected chi connectivity index (χ2v) is 6.04. The van der Waals surface area contributed by atoms with Crippen LogP contribution in [-0.4, -0.2) is 62.9 Å². The number of aliphatic hydroxyl groups excluding tert-OH is 3. The number of hydrogen-bond donors (Lipinski definition) is 4. The highest BCUT2D eigenvalue weighted by atomic mass is 16.7. The van der Waals surface area contributed by atoms with Crippen LogP contribution in [0.5, 0.6) is 11.5 Å². The summed E-state index contributed by atoms with van der Waals surface area (Å²) in [5.74, 6) is -0.495. The quantitative estimate of drug-likeness (QED) is 0.371. The molecule has 8 heteroatoms. The first-order valence-corrected chi connectivity index (χ1v) is 8.33. The molecule has 1 heterocycles. The first-order chi connectivity index (χ1) is 12.8. The Labute approximate surface area is 156 Å². The highest BCUT2D eigenvalue weighted by Gasteiger charge is 2.31. The van der Waals surface area contributed by atoms with Crippen LogP contribution >= 0.6 is 0 Å². The Hall–Kier alpha value is -2.52. The lowest BCUT2D eigenvalue weighted by Crippen LogP contribution is -2.46. The lowest BCUT2D eigenvalue weighted by Gasteiger charge is -2.27. The van der Waals surface area contributed by atoms with Gasteiger partial charge in [-0.25, -0.2) is 0 Å². The third kappa shape index (κ3) is 5.48. The van der Waals surface area contributed by atoms with Crippen molar-refractivity contribution in [2.45, 2.75) is 37.9 Å². The Kier molecular flexibility index (Phi) is 7.26. The van der Waals surface area contributed by atoms with Crippen LogP contribution in [0.4, 0.5) is 0 Å². The number of pyridine rings is 1. The van der Waals surface area contributed by atoms with E-state index in [1.807, 2.05) is 0 Å². The van der Waals surface area contributed by atoms with Gasteiger partial charge >= 0.3 is 0 Å². The van der Waals surface area contributed by atoms with E-state index in [2.05, 4.69) is 4.98 Å². The maximum Gasteiger partial charge on any atom is 0.228 e. The van der Waals surface area contributed by atoms with E-state index in [9.17, 15) is 25.2 Å². The van der Waals surface area contributed by atoms with Gasteiger partial charge in [0.15, 0.2) is 5.78 Å². The number of aliphatic hydroxyl groups is 3. The fourth-order valence-corrected chi connectivity index (χ4v) is 2.42. The number of phenolic OH excluding ortho intramolecular Hbond substituents is 1. The van der Waals surface area contributed by atoms with Crippen LogP contribution in [0.1, 0.15) is 23.0 Å². The van der Waals surface area contributed by atoms with E-state index in [-0.39, 0.29) is 29.3 Å². The van der Waals surface area contributed by atoms with Crippen molar-refractivity contribution in [1.82, 2.24) is 4.98 Å². The number of rotatable bonds is 9. The van der Waals surface area contributed by atoms with Gasteiger partial charge in [0.25, 0.3) is 0 Å². The van der Waals surface area contributed by atoms with Crippen LogP contribution in [0.2, 0.25) is 0 Å². The highest BCUT2D eigenvalue weighted by Crippen LogP contribution is 2.26. The molecule has 1 aromatic heterocycles. The van der Waals surface area contributed by atoms with Crippen molar-refractivity contribution in [3.8, 4) is 11.5 Å². The number of methoxy groups -OCH3 is 1. The van der Waals surface area contributed by atoms with E-state index in [0.29, 0.717) is 5.69 Å². The third-order valence-corrected chi connectivity index (χ3v) is 3.94. The first kappa shape index (κ1) is 20.8. The number of phenols is 1. The summed E-state index contributed by atoms with van der Waals surface area (Å²) in [6, 6.07) is 9.25. The zero-order valence-corrected chi connectivity index (χ0v) is 15.0. The van der Waals surface area contributed by atoms with Gasteiger partial charge in [-0.1, -0.05) is 6.07 Å². The number of hydrogen-bond acceptors (Lipinski definition) is 8. The summed E-state index contributed by atoms with van der Waals surface area (Å²) in [6.07, 6.45) is -3.87. The maximum absolute atomic E-state index is 12.3. The van der Waals surface area contributed by atoms with Crippen LogP contribution in [0.15, 0.2) is 42.6 Å². The van der Waals surface area contributed by atoms with E-state index < -0.39 is 24.6 Å². The predicted molar refractivity (Wildman–Crippen MR) is 95.5 cm³/mol. The van der Waals surface area contributed by atoms with Gasteiger partial charge in [-0.15, -0.1) is 0 Å². The van der Waals surface area contributed by atoms with E-state index in [1.165, 1.54) is 32.2 Å². The molecule has 0 bridgehead atoms. The molecule has 2 rings (SSSR count). The Bertz CT molecular complexity index is 751. The van der Waals surface area contributed by atoms with Gasteiger partial charge < -0.3 is 29.9 Å². The van der Waals surface area contributed by atoms with Gasteiger partial charge in [-0.3, -0.25) is 9.78 Å². The zero-order valence-electron chi connectivity index (χ0n) is 15.0. The van der Waals surface area contributed by atoms with Gasteiger partial charge in [0, 0.05) is 25.1 Å². The minimum atomic E-state index is -1.53. The van der Waals surface area contributed by atoms with Gasteiger partial charge in [0.1, 0.15) is 23.7 Å².